The number of rotatable bonds is 8. The Bertz CT molecular complexity index is 1020. The van der Waals surface area contributed by atoms with Gasteiger partial charge in [-0.15, -0.1) is 10.2 Å². The number of ether oxygens (including phenoxy) is 4. The van der Waals surface area contributed by atoms with Crippen LogP contribution in [-0.4, -0.2) is 78.5 Å². The van der Waals surface area contributed by atoms with Gasteiger partial charge in [-0.2, -0.15) is 0 Å². The van der Waals surface area contributed by atoms with Crippen molar-refractivity contribution in [3.63, 3.8) is 0 Å². The van der Waals surface area contributed by atoms with E-state index in [0.29, 0.717) is 49.7 Å². The van der Waals surface area contributed by atoms with E-state index in [4.69, 9.17) is 30.5 Å². The first-order chi connectivity index (χ1) is 15.9. The monoisotopic (exact) mass is 501 g/mol. The van der Waals surface area contributed by atoms with Crippen molar-refractivity contribution in [2.24, 2.45) is 0 Å². The highest BCUT2D eigenvalue weighted by Gasteiger charge is 2.36. The number of methoxy groups -OCH3 is 1. The Morgan fingerprint density at radius 3 is 2.52 bits per heavy atom. The molecule has 3 atom stereocenters. The molecule has 2 aromatic heterocycles. The molecule has 0 aromatic carbocycles. The molecule has 0 N–H and O–H groups in total. The second-order valence-electron chi connectivity index (χ2n) is 8.05. The van der Waals surface area contributed by atoms with Crippen molar-refractivity contribution in [2.45, 2.75) is 49.0 Å². The zero-order valence-corrected chi connectivity index (χ0v) is 20.2. The van der Waals surface area contributed by atoms with Crippen molar-refractivity contribution in [2.75, 3.05) is 40.1 Å². The van der Waals surface area contributed by atoms with E-state index in [9.17, 15) is 8.42 Å². The van der Waals surface area contributed by atoms with Crippen LogP contribution in [0, 0.1) is 0 Å². The van der Waals surface area contributed by atoms with Crippen molar-refractivity contribution in [3.05, 3.63) is 34.9 Å². The summed E-state index contributed by atoms with van der Waals surface area (Å²) in [6.07, 6.45) is 3.05. The first kappa shape index (κ1) is 24.4. The van der Waals surface area contributed by atoms with Gasteiger partial charge in [-0.3, -0.25) is 0 Å². The second kappa shape index (κ2) is 10.7. The minimum absolute atomic E-state index is 0.0209. The van der Waals surface area contributed by atoms with Gasteiger partial charge in [0.2, 0.25) is 0 Å². The van der Waals surface area contributed by atoms with Crippen LogP contribution in [0.3, 0.4) is 0 Å². The van der Waals surface area contributed by atoms with E-state index in [2.05, 4.69) is 20.2 Å². The van der Waals surface area contributed by atoms with Gasteiger partial charge in [0.1, 0.15) is 23.8 Å². The molecule has 2 saturated heterocycles. The molecule has 0 radical (unpaired) electrons. The van der Waals surface area contributed by atoms with Crippen LogP contribution in [0.2, 0.25) is 5.02 Å². The van der Waals surface area contributed by atoms with Gasteiger partial charge in [0.25, 0.3) is 0 Å². The Kier molecular flexibility index (Phi) is 7.92. The van der Waals surface area contributed by atoms with Crippen molar-refractivity contribution in [3.8, 4) is 0 Å². The zero-order valence-electron chi connectivity index (χ0n) is 18.6. The van der Waals surface area contributed by atoms with Gasteiger partial charge in [-0.25, -0.2) is 18.4 Å². The second-order valence-corrected chi connectivity index (χ2v) is 10.8. The molecule has 2 aliphatic heterocycles. The minimum atomic E-state index is -3.73. The number of halogens is 1. The summed E-state index contributed by atoms with van der Waals surface area (Å²) in [5, 5.41) is 8.02. The van der Waals surface area contributed by atoms with Crippen LogP contribution in [0.5, 0.6) is 0 Å². The van der Waals surface area contributed by atoms with Gasteiger partial charge in [0, 0.05) is 38.8 Å². The topological polar surface area (TPSA) is 128 Å². The third kappa shape index (κ3) is 5.52. The van der Waals surface area contributed by atoms with Crippen LogP contribution in [0.4, 0.5) is 0 Å². The Morgan fingerprint density at radius 2 is 1.88 bits per heavy atom. The molecule has 2 aliphatic rings. The highest BCUT2D eigenvalue weighted by molar-refractivity contribution is 7.91. The highest BCUT2D eigenvalue weighted by atomic mass is 35.5. The summed E-state index contributed by atoms with van der Waals surface area (Å²) in [6, 6.07) is 0.0209. The first-order valence-electron chi connectivity index (χ1n) is 10.8. The Morgan fingerprint density at radius 1 is 1.15 bits per heavy atom. The fourth-order valence-electron chi connectivity index (χ4n) is 4.11. The van der Waals surface area contributed by atoms with E-state index in [-0.39, 0.29) is 17.6 Å². The zero-order chi connectivity index (χ0) is 23.4. The molecule has 0 bridgehead atoms. The van der Waals surface area contributed by atoms with E-state index < -0.39 is 27.3 Å². The first-order valence-corrected chi connectivity index (χ1v) is 12.9. The Labute approximate surface area is 197 Å². The highest BCUT2D eigenvalue weighted by Crippen LogP contribution is 2.31. The lowest BCUT2D eigenvalue weighted by atomic mass is 10.1. The van der Waals surface area contributed by atoms with Crippen LogP contribution >= 0.6 is 11.6 Å². The SMILES string of the molecule is CO[C@H](c1ncc(Cl)cn1)[C@H](C)S(=O)(=O)Cc1nnc([C@@H]2COCCO2)n1C1CCOCC1. The molecule has 2 fully saturated rings. The molecular formula is C20H28ClN5O6S. The molecule has 0 saturated carbocycles. The summed E-state index contributed by atoms with van der Waals surface area (Å²) in [7, 11) is -2.30. The number of nitrogens with zero attached hydrogens (tertiary/aromatic N) is 5. The average Bonchev–Trinajstić information content (AvgIpc) is 3.24. The fourth-order valence-corrected chi connectivity index (χ4v) is 5.64. The average molecular weight is 502 g/mol. The minimum Gasteiger partial charge on any atom is -0.381 e. The Balaban J connectivity index is 1.62. The van der Waals surface area contributed by atoms with Gasteiger partial charge in [-0.05, 0) is 19.8 Å². The molecule has 0 aliphatic carbocycles. The van der Waals surface area contributed by atoms with Crippen LogP contribution in [-0.2, 0) is 34.5 Å². The van der Waals surface area contributed by atoms with Crippen LogP contribution in [0.25, 0.3) is 0 Å². The predicted molar refractivity (Wildman–Crippen MR) is 118 cm³/mol. The maximum atomic E-state index is 13.4. The van der Waals surface area contributed by atoms with Crippen molar-refractivity contribution in [1.82, 2.24) is 24.7 Å². The van der Waals surface area contributed by atoms with Gasteiger partial charge in [0.05, 0.1) is 30.1 Å². The molecule has 4 rings (SSSR count). The lowest BCUT2D eigenvalue weighted by molar-refractivity contribution is -0.0957. The van der Waals surface area contributed by atoms with E-state index in [1.165, 1.54) is 19.5 Å². The van der Waals surface area contributed by atoms with Crippen molar-refractivity contribution < 1.29 is 27.4 Å². The van der Waals surface area contributed by atoms with E-state index in [1.807, 2.05) is 4.57 Å². The van der Waals surface area contributed by atoms with Gasteiger partial charge >= 0.3 is 0 Å². The van der Waals surface area contributed by atoms with Crippen LogP contribution in [0.1, 0.15) is 55.5 Å². The Hall–Kier alpha value is -1.70. The smallest absolute Gasteiger partial charge is 0.164 e. The molecule has 11 nitrogen and oxygen atoms in total. The summed E-state index contributed by atoms with van der Waals surface area (Å²) >= 11 is 5.86. The van der Waals surface area contributed by atoms with E-state index in [0.717, 1.165) is 12.8 Å². The van der Waals surface area contributed by atoms with E-state index >= 15 is 0 Å². The molecule has 4 heterocycles. The number of hydrogen-bond donors (Lipinski definition) is 0. The molecule has 2 aromatic rings. The van der Waals surface area contributed by atoms with Gasteiger partial charge in [-0.1, -0.05) is 11.6 Å². The maximum Gasteiger partial charge on any atom is 0.164 e. The molecule has 0 spiro atoms. The lowest BCUT2D eigenvalue weighted by Gasteiger charge is -2.29. The summed E-state index contributed by atoms with van der Waals surface area (Å²) in [4.78, 5) is 8.27. The lowest BCUT2D eigenvalue weighted by Crippen LogP contribution is -2.32. The van der Waals surface area contributed by atoms with Crippen LogP contribution in [0.15, 0.2) is 12.4 Å². The largest absolute Gasteiger partial charge is 0.381 e. The molecule has 13 heteroatoms. The number of aromatic nitrogens is 5. The number of hydrogen-bond acceptors (Lipinski definition) is 10. The quantitative estimate of drug-likeness (QED) is 0.528. The standard InChI is InChI=1S/C20H28ClN5O6S/c1-13(18(29-2)19-22-9-14(21)10-23-19)33(27,28)12-17-24-25-20(16-11-31-7-8-32-16)26(17)15-3-5-30-6-4-15/h9-10,13,15-16,18H,3-8,11-12H2,1-2H3/t13-,16-,18-/m0/s1. The third-order valence-corrected chi connectivity index (χ3v) is 8.16. The summed E-state index contributed by atoms with van der Waals surface area (Å²) < 4.78 is 51.1. The van der Waals surface area contributed by atoms with Crippen LogP contribution < -0.4 is 0 Å². The predicted octanol–water partition coefficient (Wildman–Crippen LogP) is 1.85. The molecule has 0 unspecified atom stereocenters. The normalized spacial score (nSPS) is 22.2. The van der Waals surface area contributed by atoms with Crippen molar-refractivity contribution in [1.29, 1.82) is 0 Å². The van der Waals surface area contributed by atoms with Gasteiger partial charge in [0.15, 0.2) is 21.5 Å². The molecule has 0 amide bonds. The summed E-state index contributed by atoms with van der Waals surface area (Å²) in [5.41, 5.74) is 0. The van der Waals surface area contributed by atoms with Crippen molar-refractivity contribution >= 4 is 21.4 Å². The number of sulfone groups is 1. The molecule has 33 heavy (non-hydrogen) atoms. The van der Waals surface area contributed by atoms with Gasteiger partial charge < -0.3 is 23.5 Å². The van der Waals surface area contributed by atoms with E-state index in [1.54, 1.807) is 6.92 Å². The molecular weight excluding hydrogens is 474 g/mol. The third-order valence-electron chi connectivity index (χ3n) is 5.92. The summed E-state index contributed by atoms with van der Waals surface area (Å²) in [5.74, 6) is 0.894. The fraction of sp³-hybridized carbons (Fsp3) is 0.700. The maximum absolute atomic E-state index is 13.4. The molecule has 182 valence electrons. The summed E-state index contributed by atoms with van der Waals surface area (Å²) in [6.45, 7) is 4.08.